The molecule has 0 aromatic carbocycles. The summed E-state index contributed by atoms with van der Waals surface area (Å²) in [5, 5.41) is 12.3. The predicted molar refractivity (Wildman–Crippen MR) is 47.4 cm³/mol. The number of aromatic nitrogens is 3. The van der Waals surface area contributed by atoms with E-state index < -0.39 is 17.4 Å². The normalized spacial score (nSPS) is 11.7. The Morgan fingerprint density at radius 1 is 1.44 bits per heavy atom. The summed E-state index contributed by atoms with van der Waals surface area (Å²) in [7, 11) is 0. The first-order valence-corrected chi connectivity index (χ1v) is 4.26. The first-order chi connectivity index (χ1) is 7.43. The van der Waals surface area contributed by atoms with Crippen LogP contribution in [0.2, 0.25) is 0 Å². The third-order valence-electron chi connectivity index (χ3n) is 1.99. The molecule has 7 heteroatoms. The number of rotatable bonds is 0. The first kappa shape index (κ1) is 10.4. The van der Waals surface area contributed by atoms with Crippen molar-refractivity contribution in [3.63, 3.8) is 0 Å². The maximum Gasteiger partial charge on any atom is 0.434 e. The summed E-state index contributed by atoms with van der Waals surface area (Å²) in [4.78, 5) is 3.72. The van der Waals surface area contributed by atoms with Crippen molar-refractivity contribution >= 4 is 5.65 Å². The molecule has 0 radical (unpaired) electrons. The molecule has 4 nitrogen and oxygen atoms in total. The van der Waals surface area contributed by atoms with E-state index in [0.717, 1.165) is 6.20 Å². The van der Waals surface area contributed by atoms with Crippen LogP contribution < -0.4 is 0 Å². The molecule has 2 aromatic heterocycles. The van der Waals surface area contributed by atoms with Crippen molar-refractivity contribution in [3.05, 3.63) is 29.2 Å². The van der Waals surface area contributed by atoms with Crippen molar-refractivity contribution in [1.29, 1.82) is 5.26 Å². The van der Waals surface area contributed by atoms with Crippen molar-refractivity contribution < 1.29 is 13.2 Å². The van der Waals surface area contributed by atoms with Crippen molar-refractivity contribution in [1.82, 2.24) is 14.6 Å². The van der Waals surface area contributed by atoms with Gasteiger partial charge < -0.3 is 0 Å². The molecular weight excluding hydrogens is 221 g/mol. The zero-order chi connectivity index (χ0) is 11.9. The van der Waals surface area contributed by atoms with E-state index >= 15 is 0 Å². The third kappa shape index (κ3) is 1.48. The van der Waals surface area contributed by atoms with E-state index in [1.165, 1.54) is 12.1 Å². The number of alkyl halides is 3. The van der Waals surface area contributed by atoms with Gasteiger partial charge in [-0.15, -0.1) is 0 Å². The second kappa shape index (κ2) is 3.20. The van der Waals surface area contributed by atoms with E-state index in [1.54, 1.807) is 6.92 Å². The lowest BCUT2D eigenvalue weighted by molar-refractivity contribution is -0.142. The van der Waals surface area contributed by atoms with Crippen LogP contribution in [-0.2, 0) is 6.18 Å². The molecule has 0 amide bonds. The zero-order valence-corrected chi connectivity index (χ0v) is 8.08. The van der Waals surface area contributed by atoms with E-state index in [9.17, 15) is 13.2 Å². The summed E-state index contributed by atoms with van der Waals surface area (Å²) in [5.74, 6) is 0. The fraction of sp³-hybridized carbons (Fsp3) is 0.222. The molecule has 0 N–H and O–H groups in total. The standard InChI is InChI=1S/C9H5F3N4/c1-5-2-7-14-4-6(3-13)8(9(10,11)12)16(7)15-5/h2,4H,1H3. The Morgan fingerprint density at radius 2 is 2.12 bits per heavy atom. The van der Waals surface area contributed by atoms with Crippen molar-refractivity contribution in [3.8, 4) is 6.07 Å². The lowest BCUT2D eigenvalue weighted by Gasteiger charge is -2.09. The molecule has 0 saturated heterocycles. The lowest BCUT2D eigenvalue weighted by atomic mass is 10.2. The minimum absolute atomic E-state index is 0.0730. The van der Waals surface area contributed by atoms with Crippen LogP contribution in [0.3, 0.4) is 0 Å². The molecule has 0 aliphatic carbocycles. The fourth-order valence-corrected chi connectivity index (χ4v) is 1.40. The van der Waals surface area contributed by atoms with E-state index in [2.05, 4.69) is 10.1 Å². The average Bonchev–Trinajstić information content (AvgIpc) is 2.54. The number of nitriles is 1. The molecule has 16 heavy (non-hydrogen) atoms. The minimum atomic E-state index is -4.63. The van der Waals surface area contributed by atoms with Gasteiger partial charge in [0.15, 0.2) is 11.3 Å². The van der Waals surface area contributed by atoms with Crippen LogP contribution in [0.4, 0.5) is 13.2 Å². The van der Waals surface area contributed by atoms with Crippen molar-refractivity contribution in [2.75, 3.05) is 0 Å². The summed E-state index contributed by atoms with van der Waals surface area (Å²) < 4.78 is 38.9. The van der Waals surface area contributed by atoms with Crippen LogP contribution in [0.5, 0.6) is 0 Å². The second-order valence-corrected chi connectivity index (χ2v) is 3.19. The van der Waals surface area contributed by atoms with Gasteiger partial charge in [-0.1, -0.05) is 0 Å². The van der Waals surface area contributed by atoms with E-state index in [1.807, 2.05) is 0 Å². The van der Waals surface area contributed by atoms with Crippen LogP contribution >= 0.6 is 0 Å². The Kier molecular flexibility index (Phi) is 2.08. The molecule has 2 aromatic rings. The highest BCUT2D eigenvalue weighted by atomic mass is 19.4. The molecule has 2 heterocycles. The summed E-state index contributed by atoms with van der Waals surface area (Å²) in [6.07, 6.45) is -3.73. The molecule has 0 spiro atoms. The molecule has 0 fully saturated rings. The topological polar surface area (TPSA) is 54.0 Å². The maximum atomic E-state index is 12.7. The van der Waals surface area contributed by atoms with Gasteiger partial charge in [0, 0.05) is 12.3 Å². The lowest BCUT2D eigenvalue weighted by Crippen LogP contribution is -2.15. The van der Waals surface area contributed by atoms with Gasteiger partial charge in [-0.25, -0.2) is 9.50 Å². The molecule has 0 saturated carbocycles. The number of hydrogen-bond acceptors (Lipinski definition) is 3. The molecule has 2 rings (SSSR count). The first-order valence-electron chi connectivity index (χ1n) is 4.26. The van der Waals surface area contributed by atoms with Crippen LogP contribution in [0.1, 0.15) is 17.0 Å². The third-order valence-corrected chi connectivity index (χ3v) is 1.99. The Morgan fingerprint density at radius 3 is 2.69 bits per heavy atom. The van der Waals surface area contributed by atoms with E-state index in [0.29, 0.717) is 10.2 Å². The number of aryl methyl sites for hydroxylation is 1. The predicted octanol–water partition coefficient (Wildman–Crippen LogP) is 1.93. The number of nitrogens with zero attached hydrogens (tertiary/aromatic N) is 4. The highest BCUT2D eigenvalue weighted by Crippen LogP contribution is 2.31. The Hall–Kier alpha value is -2.10. The van der Waals surface area contributed by atoms with Crippen molar-refractivity contribution in [2.24, 2.45) is 0 Å². The molecule has 0 unspecified atom stereocenters. The Balaban J connectivity index is 2.90. The minimum Gasteiger partial charge on any atom is -0.236 e. The summed E-state index contributed by atoms with van der Waals surface area (Å²) in [6.45, 7) is 1.56. The summed E-state index contributed by atoms with van der Waals surface area (Å²) in [5.41, 5.74) is -1.15. The van der Waals surface area contributed by atoms with Gasteiger partial charge in [0.1, 0.15) is 11.6 Å². The van der Waals surface area contributed by atoms with E-state index in [-0.39, 0.29) is 5.65 Å². The number of halogens is 3. The summed E-state index contributed by atoms with van der Waals surface area (Å²) >= 11 is 0. The average molecular weight is 226 g/mol. The highest BCUT2D eigenvalue weighted by molar-refractivity contribution is 5.45. The Bertz CT molecular complexity index is 591. The number of hydrogen-bond donors (Lipinski definition) is 0. The van der Waals surface area contributed by atoms with Gasteiger partial charge in [0.25, 0.3) is 0 Å². The summed E-state index contributed by atoms with van der Waals surface area (Å²) in [6, 6.07) is 2.87. The molecule has 0 atom stereocenters. The van der Waals surface area contributed by atoms with Crippen LogP contribution in [0.25, 0.3) is 5.65 Å². The largest absolute Gasteiger partial charge is 0.434 e. The molecular formula is C9H5F3N4. The SMILES string of the molecule is Cc1cc2ncc(C#N)c(C(F)(F)F)n2n1. The maximum absolute atomic E-state index is 12.7. The zero-order valence-electron chi connectivity index (χ0n) is 8.08. The Labute approximate surface area is 87.9 Å². The smallest absolute Gasteiger partial charge is 0.236 e. The van der Waals surface area contributed by atoms with Crippen LogP contribution in [-0.4, -0.2) is 14.6 Å². The van der Waals surface area contributed by atoms with Gasteiger partial charge in [0.2, 0.25) is 0 Å². The molecule has 0 aliphatic heterocycles. The monoisotopic (exact) mass is 226 g/mol. The van der Waals surface area contributed by atoms with Gasteiger partial charge >= 0.3 is 6.18 Å². The van der Waals surface area contributed by atoms with Gasteiger partial charge in [-0.05, 0) is 6.92 Å². The molecule has 0 aliphatic rings. The second-order valence-electron chi connectivity index (χ2n) is 3.19. The fourth-order valence-electron chi connectivity index (χ4n) is 1.40. The highest BCUT2D eigenvalue weighted by Gasteiger charge is 2.37. The molecule has 0 bridgehead atoms. The van der Waals surface area contributed by atoms with Gasteiger partial charge in [0.05, 0.1) is 5.69 Å². The quantitative estimate of drug-likeness (QED) is 0.689. The molecule has 82 valence electrons. The van der Waals surface area contributed by atoms with E-state index in [4.69, 9.17) is 5.26 Å². The van der Waals surface area contributed by atoms with Gasteiger partial charge in [-0.3, -0.25) is 0 Å². The van der Waals surface area contributed by atoms with Crippen LogP contribution in [0.15, 0.2) is 12.3 Å². The van der Waals surface area contributed by atoms with Crippen LogP contribution in [0, 0.1) is 18.3 Å². The van der Waals surface area contributed by atoms with Crippen molar-refractivity contribution in [2.45, 2.75) is 13.1 Å². The number of fused-ring (bicyclic) bond motifs is 1. The van der Waals surface area contributed by atoms with Gasteiger partial charge in [-0.2, -0.15) is 23.5 Å².